The van der Waals surface area contributed by atoms with Crippen LogP contribution in [0.1, 0.15) is 16.7 Å². The van der Waals surface area contributed by atoms with E-state index >= 15 is 0 Å². The van der Waals surface area contributed by atoms with Crippen LogP contribution < -0.4 is 19.7 Å². The van der Waals surface area contributed by atoms with Gasteiger partial charge in [-0.3, -0.25) is 14.9 Å². The molecular weight excluding hydrogens is 536 g/mol. The number of hydrogen-bond acceptors (Lipinski definition) is 5. The second-order valence-electron chi connectivity index (χ2n) is 7.71. The number of urea groups is 1. The first-order valence-electron chi connectivity index (χ1n) is 10.5. The van der Waals surface area contributed by atoms with Gasteiger partial charge in [-0.1, -0.05) is 47.5 Å². The Labute approximate surface area is 215 Å². The van der Waals surface area contributed by atoms with Gasteiger partial charge in [0.05, 0.1) is 17.3 Å². The van der Waals surface area contributed by atoms with Crippen molar-refractivity contribution in [3.63, 3.8) is 0 Å². The van der Waals surface area contributed by atoms with Crippen molar-refractivity contribution in [2.24, 2.45) is 0 Å². The Balaban J connectivity index is 1.64. The third-order valence-electron chi connectivity index (χ3n) is 5.29. The summed E-state index contributed by atoms with van der Waals surface area (Å²) in [6.45, 7) is 2.10. The highest BCUT2D eigenvalue weighted by atomic mass is 79.9. The van der Waals surface area contributed by atoms with E-state index in [4.69, 9.17) is 21.1 Å². The molecule has 4 amide bonds. The van der Waals surface area contributed by atoms with Crippen LogP contribution in [0.4, 0.5) is 10.5 Å². The summed E-state index contributed by atoms with van der Waals surface area (Å²) in [5, 5.41) is 2.80. The number of halogens is 2. The Hall–Kier alpha value is -3.62. The van der Waals surface area contributed by atoms with Crippen LogP contribution in [0.25, 0.3) is 6.08 Å². The fourth-order valence-electron chi connectivity index (χ4n) is 3.48. The van der Waals surface area contributed by atoms with Crippen molar-refractivity contribution >= 4 is 57.1 Å². The maximum Gasteiger partial charge on any atom is 0.335 e. The lowest BCUT2D eigenvalue weighted by molar-refractivity contribution is -0.122. The first kappa shape index (κ1) is 24.5. The van der Waals surface area contributed by atoms with E-state index in [1.54, 1.807) is 42.5 Å². The van der Waals surface area contributed by atoms with Crippen LogP contribution in [0.2, 0.25) is 5.02 Å². The summed E-state index contributed by atoms with van der Waals surface area (Å²) in [6, 6.07) is 16.7. The van der Waals surface area contributed by atoms with Crippen LogP contribution in [0.5, 0.6) is 11.5 Å². The zero-order valence-electron chi connectivity index (χ0n) is 18.8. The number of nitrogens with zero attached hydrogens (tertiary/aromatic N) is 1. The van der Waals surface area contributed by atoms with Crippen LogP contribution in [0.15, 0.2) is 70.7 Å². The fourth-order valence-corrected chi connectivity index (χ4v) is 4.25. The monoisotopic (exact) mass is 554 g/mol. The standard InChI is InChI=1S/C26H20BrClN2O5/c1-15-7-9-18(10-8-15)30-25(32)19(24(31)29-26(30)33)11-16-12-20(27)23(22(13-16)34-2)35-14-17-5-3-4-6-21(17)28/h3-13H,14H2,1-2H3,(H,29,31,33)/b19-11-. The van der Waals surface area contributed by atoms with Crippen LogP contribution >= 0.6 is 27.5 Å². The van der Waals surface area contributed by atoms with Crippen LogP contribution in [0, 0.1) is 6.92 Å². The Morgan fingerprint density at radius 3 is 2.46 bits per heavy atom. The minimum absolute atomic E-state index is 0.191. The normalized spacial score (nSPS) is 14.8. The molecule has 4 rings (SSSR count). The summed E-state index contributed by atoms with van der Waals surface area (Å²) in [5.74, 6) is -0.687. The molecule has 0 aliphatic carbocycles. The lowest BCUT2D eigenvalue weighted by atomic mass is 10.1. The number of carbonyl (C=O) groups excluding carboxylic acids is 3. The molecule has 9 heteroatoms. The van der Waals surface area contributed by atoms with Crippen LogP contribution in [-0.2, 0) is 16.2 Å². The van der Waals surface area contributed by atoms with E-state index in [9.17, 15) is 14.4 Å². The van der Waals surface area contributed by atoms with E-state index in [1.165, 1.54) is 13.2 Å². The lowest BCUT2D eigenvalue weighted by Gasteiger charge is -2.26. The molecular formula is C26H20BrClN2O5. The molecule has 3 aromatic carbocycles. The first-order chi connectivity index (χ1) is 16.8. The molecule has 0 saturated carbocycles. The summed E-state index contributed by atoms with van der Waals surface area (Å²) in [4.78, 5) is 39.0. The number of imide groups is 2. The number of amides is 4. The number of hydrogen-bond donors (Lipinski definition) is 1. The molecule has 178 valence electrons. The van der Waals surface area contributed by atoms with Gasteiger partial charge in [0, 0.05) is 10.6 Å². The molecule has 1 heterocycles. The maximum absolute atomic E-state index is 13.1. The van der Waals surface area contributed by atoms with Crippen molar-refractivity contribution in [2.45, 2.75) is 13.5 Å². The quantitative estimate of drug-likeness (QED) is 0.313. The molecule has 0 bridgehead atoms. The van der Waals surface area contributed by atoms with Crippen molar-refractivity contribution in [1.29, 1.82) is 0 Å². The predicted molar refractivity (Wildman–Crippen MR) is 137 cm³/mol. The van der Waals surface area contributed by atoms with E-state index < -0.39 is 17.8 Å². The molecule has 1 saturated heterocycles. The average molecular weight is 556 g/mol. The van der Waals surface area contributed by atoms with Gasteiger partial charge in [0.1, 0.15) is 12.2 Å². The Morgan fingerprint density at radius 2 is 1.77 bits per heavy atom. The third-order valence-corrected chi connectivity index (χ3v) is 6.24. The molecule has 1 aliphatic rings. The highest BCUT2D eigenvalue weighted by Crippen LogP contribution is 2.38. The zero-order valence-corrected chi connectivity index (χ0v) is 21.1. The highest BCUT2D eigenvalue weighted by molar-refractivity contribution is 9.10. The van der Waals surface area contributed by atoms with Gasteiger partial charge in [-0.05, 0) is 64.8 Å². The van der Waals surface area contributed by atoms with Crippen molar-refractivity contribution in [3.05, 3.63) is 92.4 Å². The summed E-state index contributed by atoms with van der Waals surface area (Å²) in [7, 11) is 1.48. The molecule has 1 N–H and O–H groups in total. The summed E-state index contributed by atoms with van der Waals surface area (Å²) < 4.78 is 12.0. The van der Waals surface area contributed by atoms with Gasteiger partial charge in [-0.15, -0.1) is 0 Å². The number of barbiturate groups is 1. The number of ether oxygens (including phenoxy) is 2. The number of nitrogens with one attached hydrogen (secondary N) is 1. The molecule has 35 heavy (non-hydrogen) atoms. The lowest BCUT2D eigenvalue weighted by Crippen LogP contribution is -2.54. The number of carbonyl (C=O) groups is 3. The summed E-state index contributed by atoms with van der Waals surface area (Å²) in [6.07, 6.45) is 1.40. The van der Waals surface area contributed by atoms with E-state index in [0.717, 1.165) is 16.0 Å². The Bertz CT molecular complexity index is 1350. The first-order valence-corrected chi connectivity index (χ1v) is 11.7. The van der Waals surface area contributed by atoms with E-state index in [2.05, 4.69) is 21.2 Å². The number of anilines is 1. The van der Waals surface area contributed by atoms with Crippen LogP contribution in [0.3, 0.4) is 0 Å². The maximum atomic E-state index is 13.1. The second kappa shape index (κ2) is 10.3. The van der Waals surface area contributed by atoms with Crippen molar-refractivity contribution in [3.8, 4) is 11.5 Å². The van der Waals surface area contributed by atoms with Gasteiger partial charge in [0.2, 0.25) is 0 Å². The number of methoxy groups -OCH3 is 1. The zero-order chi connectivity index (χ0) is 25.1. The molecule has 7 nitrogen and oxygen atoms in total. The topological polar surface area (TPSA) is 84.9 Å². The molecule has 0 radical (unpaired) electrons. The van der Waals surface area contributed by atoms with Crippen molar-refractivity contribution in [1.82, 2.24) is 5.32 Å². The van der Waals surface area contributed by atoms with Gasteiger partial charge >= 0.3 is 6.03 Å². The molecule has 0 unspecified atom stereocenters. The third kappa shape index (κ3) is 5.23. The smallest absolute Gasteiger partial charge is 0.335 e. The molecule has 1 aliphatic heterocycles. The van der Waals surface area contributed by atoms with E-state index in [0.29, 0.717) is 32.2 Å². The summed E-state index contributed by atoms with van der Waals surface area (Å²) in [5.41, 5.74) is 2.44. The largest absolute Gasteiger partial charge is 0.493 e. The Morgan fingerprint density at radius 1 is 1.06 bits per heavy atom. The second-order valence-corrected chi connectivity index (χ2v) is 8.97. The highest BCUT2D eigenvalue weighted by Gasteiger charge is 2.36. The number of aryl methyl sites for hydroxylation is 1. The summed E-state index contributed by atoms with van der Waals surface area (Å²) >= 11 is 9.68. The van der Waals surface area contributed by atoms with Gasteiger partial charge in [0.25, 0.3) is 11.8 Å². The average Bonchev–Trinajstić information content (AvgIpc) is 2.83. The van der Waals surface area contributed by atoms with Gasteiger partial charge in [-0.25, -0.2) is 9.69 Å². The molecule has 3 aromatic rings. The number of rotatable bonds is 6. The molecule has 0 spiro atoms. The van der Waals surface area contributed by atoms with E-state index in [-0.39, 0.29) is 12.2 Å². The SMILES string of the molecule is COc1cc(/C=C2/C(=O)NC(=O)N(c3ccc(C)cc3)C2=O)cc(Br)c1OCc1ccccc1Cl. The molecule has 1 fully saturated rings. The molecule has 0 atom stereocenters. The van der Waals surface area contributed by atoms with Gasteiger partial charge in [0.15, 0.2) is 11.5 Å². The number of benzene rings is 3. The minimum Gasteiger partial charge on any atom is -0.493 e. The Kier molecular flexibility index (Phi) is 7.23. The van der Waals surface area contributed by atoms with Gasteiger partial charge in [-0.2, -0.15) is 0 Å². The van der Waals surface area contributed by atoms with Gasteiger partial charge < -0.3 is 9.47 Å². The van der Waals surface area contributed by atoms with E-state index in [1.807, 2.05) is 25.1 Å². The predicted octanol–water partition coefficient (Wildman–Crippen LogP) is 5.66. The molecule has 0 aromatic heterocycles. The minimum atomic E-state index is -0.803. The van der Waals surface area contributed by atoms with Crippen molar-refractivity contribution in [2.75, 3.05) is 12.0 Å². The fraction of sp³-hybridized carbons (Fsp3) is 0.115. The van der Waals surface area contributed by atoms with Crippen molar-refractivity contribution < 1.29 is 23.9 Å². The van der Waals surface area contributed by atoms with Crippen LogP contribution in [-0.4, -0.2) is 25.0 Å².